The molecule has 0 unspecified atom stereocenters. The van der Waals surface area contributed by atoms with E-state index in [4.69, 9.17) is 11.6 Å². The molecule has 1 aromatic heterocycles. The standard InChI is InChI=1S/C19H16ClNO2/c1-3-12-7-8-16-15(9-12)17(19(22)23)11(2)18(21-16)13-5-4-6-14(20)10-13/h4-10H,3H2,1-2H3,(H,22,23). The molecule has 23 heavy (non-hydrogen) atoms. The summed E-state index contributed by atoms with van der Waals surface area (Å²) in [5, 5.41) is 11.0. The molecule has 0 saturated heterocycles. The molecule has 1 N–H and O–H groups in total. The number of aryl methyl sites for hydroxylation is 1. The maximum absolute atomic E-state index is 11.8. The van der Waals surface area contributed by atoms with E-state index in [1.54, 1.807) is 19.1 Å². The highest BCUT2D eigenvalue weighted by atomic mass is 35.5. The number of rotatable bonds is 3. The SMILES string of the molecule is CCc1ccc2nc(-c3cccc(Cl)c3)c(C)c(C(=O)O)c2c1. The van der Waals surface area contributed by atoms with Gasteiger partial charge in [0.25, 0.3) is 0 Å². The molecule has 4 heteroatoms. The van der Waals surface area contributed by atoms with Gasteiger partial charge in [0, 0.05) is 16.0 Å². The predicted molar refractivity (Wildman–Crippen MR) is 93.3 cm³/mol. The van der Waals surface area contributed by atoms with Crippen LogP contribution in [0.4, 0.5) is 0 Å². The normalized spacial score (nSPS) is 10.9. The Morgan fingerprint density at radius 1 is 1.22 bits per heavy atom. The van der Waals surface area contributed by atoms with Gasteiger partial charge in [-0.25, -0.2) is 9.78 Å². The Labute approximate surface area is 139 Å². The molecule has 0 aliphatic rings. The number of pyridine rings is 1. The van der Waals surface area contributed by atoms with Gasteiger partial charge in [0.2, 0.25) is 0 Å². The van der Waals surface area contributed by atoms with Crippen molar-refractivity contribution in [3.63, 3.8) is 0 Å². The van der Waals surface area contributed by atoms with Gasteiger partial charge >= 0.3 is 5.97 Å². The topological polar surface area (TPSA) is 50.2 Å². The summed E-state index contributed by atoms with van der Waals surface area (Å²) in [4.78, 5) is 16.5. The minimum Gasteiger partial charge on any atom is -0.478 e. The average molecular weight is 326 g/mol. The molecule has 116 valence electrons. The maximum Gasteiger partial charge on any atom is 0.336 e. The minimum atomic E-state index is -0.938. The number of nitrogens with zero attached hydrogens (tertiary/aromatic N) is 1. The summed E-state index contributed by atoms with van der Waals surface area (Å²) in [6.07, 6.45) is 0.851. The van der Waals surface area contributed by atoms with E-state index in [1.165, 1.54) is 0 Å². The van der Waals surface area contributed by atoms with Crippen LogP contribution in [0.15, 0.2) is 42.5 Å². The van der Waals surface area contributed by atoms with E-state index in [9.17, 15) is 9.90 Å². The Bertz CT molecular complexity index is 919. The molecule has 3 aromatic rings. The first kappa shape index (κ1) is 15.5. The van der Waals surface area contributed by atoms with Crippen LogP contribution in [0.3, 0.4) is 0 Å². The molecule has 3 nitrogen and oxygen atoms in total. The van der Waals surface area contributed by atoms with Gasteiger partial charge in [-0.1, -0.05) is 36.7 Å². The first-order valence-corrected chi connectivity index (χ1v) is 7.81. The van der Waals surface area contributed by atoms with Crippen LogP contribution < -0.4 is 0 Å². The number of hydrogen-bond donors (Lipinski definition) is 1. The van der Waals surface area contributed by atoms with E-state index in [2.05, 4.69) is 4.98 Å². The van der Waals surface area contributed by atoms with Crippen molar-refractivity contribution in [1.29, 1.82) is 0 Å². The van der Waals surface area contributed by atoms with Crippen molar-refractivity contribution in [3.05, 3.63) is 64.2 Å². The number of carboxylic acids is 1. The van der Waals surface area contributed by atoms with Crippen LogP contribution >= 0.6 is 11.6 Å². The van der Waals surface area contributed by atoms with Crippen LogP contribution in [0.1, 0.15) is 28.4 Å². The lowest BCUT2D eigenvalue weighted by Gasteiger charge is -2.13. The largest absolute Gasteiger partial charge is 0.478 e. The van der Waals surface area contributed by atoms with Crippen molar-refractivity contribution < 1.29 is 9.90 Å². The summed E-state index contributed by atoms with van der Waals surface area (Å²) in [5.74, 6) is -0.938. The highest BCUT2D eigenvalue weighted by Crippen LogP contribution is 2.31. The molecule has 0 fully saturated rings. The molecule has 0 atom stereocenters. The number of fused-ring (bicyclic) bond motifs is 1. The summed E-state index contributed by atoms with van der Waals surface area (Å²) in [7, 11) is 0. The summed E-state index contributed by atoms with van der Waals surface area (Å²) >= 11 is 6.06. The third-order valence-electron chi connectivity index (χ3n) is 4.01. The first-order chi connectivity index (χ1) is 11.0. The molecule has 0 aliphatic carbocycles. The van der Waals surface area contributed by atoms with Crippen LogP contribution in [0, 0.1) is 6.92 Å². The van der Waals surface area contributed by atoms with E-state index in [-0.39, 0.29) is 0 Å². The highest BCUT2D eigenvalue weighted by molar-refractivity contribution is 6.30. The zero-order chi connectivity index (χ0) is 16.6. The third-order valence-corrected chi connectivity index (χ3v) is 4.25. The summed E-state index contributed by atoms with van der Waals surface area (Å²) < 4.78 is 0. The smallest absolute Gasteiger partial charge is 0.336 e. The van der Waals surface area contributed by atoms with Gasteiger partial charge in [0.05, 0.1) is 16.8 Å². The minimum absolute atomic E-state index is 0.306. The molecule has 0 aliphatic heterocycles. The van der Waals surface area contributed by atoms with Crippen molar-refractivity contribution in [1.82, 2.24) is 4.98 Å². The zero-order valence-electron chi connectivity index (χ0n) is 12.9. The molecular weight excluding hydrogens is 310 g/mol. The summed E-state index contributed by atoms with van der Waals surface area (Å²) in [6.45, 7) is 3.84. The molecule has 0 bridgehead atoms. The monoisotopic (exact) mass is 325 g/mol. The third kappa shape index (κ3) is 2.80. The first-order valence-electron chi connectivity index (χ1n) is 7.43. The second-order valence-corrected chi connectivity index (χ2v) is 5.92. The summed E-state index contributed by atoms with van der Waals surface area (Å²) in [6, 6.07) is 13.1. The van der Waals surface area contributed by atoms with Crippen molar-refractivity contribution >= 4 is 28.5 Å². The van der Waals surface area contributed by atoms with Gasteiger partial charge in [-0.3, -0.25) is 0 Å². The number of carboxylic acid groups (broad SMARTS) is 1. The van der Waals surface area contributed by atoms with Crippen LogP contribution in [0.5, 0.6) is 0 Å². The van der Waals surface area contributed by atoms with E-state index in [0.29, 0.717) is 32.7 Å². The van der Waals surface area contributed by atoms with Gasteiger partial charge in [-0.15, -0.1) is 0 Å². The second kappa shape index (κ2) is 6.01. The molecule has 0 saturated carbocycles. The van der Waals surface area contributed by atoms with E-state index in [0.717, 1.165) is 17.5 Å². The van der Waals surface area contributed by atoms with Gasteiger partial charge in [-0.05, 0) is 48.7 Å². The second-order valence-electron chi connectivity index (χ2n) is 5.48. The molecule has 2 aromatic carbocycles. The predicted octanol–water partition coefficient (Wildman–Crippen LogP) is 5.12. The Morgan fingerprint density at radius 3 is 2.65 bits per heavy atom. The van der Waals surface area contributed by atoms with Crippen LogP contribution in [0.2, 0.25) is 5.02 Å². The van der Waals surface area contributed by atoms with Gasteiger partial charge in [-0.2, -0.15) is 0 Å². The Kier molecular flexibility index (Phi) is 4.05. The molecule has 3 rings (SSSR count). The quantitative estimate of drug-likeness (QED) is 0.726. The van der Waals surface area contributed by atoms with Crippen LogP contribution in [-0.4, -0.2) is 16.1 Å². The van der Waals surface area contributed by atoms with Crippen molar-refractivity contribution in [3.8, 4) is 11.3 Å². The van der Waals surface area contributed by atoms with Gasteiger partial charge in [0.1, 0.15) is 0 Å². The van der Waals surface area contributed by atoms with Crippen molar-refractivity contribution in [2.45, 2.75) is 20.3 Å². The lowest BCUT2D eigenvalue weighted by atomic mass is 9.96. The number of aromatic nitrogens is 1. The Hall–Kier alpha value is -2.39. The number of benzene rings is 2. The lowest BCUT2D eigenvalue weighted by Crippen LogP contribution is -2.05. The number of hydrogen-bond acceptors (Lipinski definition) is 2. The van der Waals surface area contributed by atoms with Crippen molar-refractivity contribution in [2.75, 3.05) is 0 Å². The Morgan fingerprint density at radius 2 is 2.00 bits per heavy atom. The fourth-order valence-corrected chi connectivity index (χ4v) is 3.01. The van der Waals surface area contributed by atoms with Crippen LogP contribution in [0.25, 0.3) is 22.2 Å². The maximum atomic E-state index is 11.8. The fourth-order valence-electron chi connectivity index (χ4n) is 2.82. The molecular formula is C19H16ClNO2. The van der Waals surface area contributed by atoms with Gasteiger partial charge < -0.3 is 5.11 Å². The lowest BCUT2D eigenvalue weighted by molar-refractivity contribution is 0.0698. The number of aromatic carboxylic acids is 1. The van der Waals surface area contributed by atoms with Gasteiger partial charge in [0.15, 0.2) is 0 Å². The van der Waals surface area contributed by atoms with E-state index >= 15 is 0 Å². The number of halogens is 1. The molecule has 0 spiro atoms. The molecule has 0 radical (unpaired) electrons. The highest BCUT2D eigenvalue weighted by Gasteiger charge is 2.18. The van der Waals surface area contributed by atoms with Crippen molar-refractivity contribution in [2.24, 2.45) is 0 Å². The van der Waals surface area contributed by atoms with E-state index in [1.807, 2.05) is 37.3 Å². The zero-order valence-corrected chi connectivity index (χ0v) is 13.7. The van der Waals surface area contributed by atoms with Crippen LogP contribution in [-0.2, 0) is 6.42 Å². The number of carbonyl (C=O) groups is 1. The molecule has 0 amide bonds. The Balaban J connectivity index is 2.37. The average Bonchev–Trinajstić information content (AvgIpc) is 2.53. The summed E-state index contributed by atoms with van der Waals surface area (Å²) in [5.41, 5.74) is 4.21. The van der Waals surface area contributed by atoms with E-state index < -0.39 is 5.97 Å². The fraction of sp³-hybridized carbons (Fsp3) is 0.158. The molecule has 1 heterocycles.